The van der Waals surface area contributed by atoms with Crippen LogP contribution >= 0.6 is 0 Å². The quantitative estimate of drug-likeness (QED) is 0.450. The van der Waals surface area contributed by atoms with Gasteiger partial charge in [-0.05, 0) is 51.0 Å². The lowest BCUT2D eigenvalue weighted by Crippen LogP contribution is -2.28. The average Bonchev–Trinajstić information content (AvgIpc) is 2.81. The van der Waals surface area contributed by atoms with Crippen molar-refractivity contribution in [3.63, 3.8) is 0 Å². The van der Waals surface area contributed by atoms with E-state index in [0.29, 0.717) is 53.4 Å². The fraction of sp³-hybridized carbons (Fsp3) is 0.320. The number of fused-ring (bicyclic) bond motifs is 1. The SMILES string of the molecule is Cc1nc2nc([C@H]3CCO[C@@H](c4cccn(C)c4=O)C3)nc(-c3ccc(F)cc3F)c2nc1C. The molecule has 174 valence electrons. The van der Waals surface area contributed by atoms with E-state index in [-0.39, 0.29) is 22.7 Å². The molecule has 4 heterocycles. The molecule has 0 amide bonds. The molecular formula is C25H23F2N5O2. The van der Waals surface area contributed by atoms with Crippen LogP contribution in [0.1, 0.15) is 47.6 Å². The molecule has 34 heavy (non-hydrogen) atoms. The highest BCUT2D eigenvalue weighted by Gasteiger charge is 2.30. The number of ether oxygens (including phenoxy) is 1. The van der Waals surface area contributed by atoms with Crippen LogP contribution in [0.15, 0.2) is 41.3 Å². The van der Waals surface area contributed by atoms with Crippen LogP contribution in [-0.4, -0.2) is 31.1 Å². The molecule has 1 aromatic carbocycles. The van der Waals surface area contributed by atoms with Gasteiger partial charge in [0.15, 0.2) is 5.65 Å². The normalized spacial score (nSPS) is 18.4. The number of aryl methyl sites for hydroxylation is 3. The second-order valence-electron chi connectivity index (χ2n) is 8.58. The first-order chi connectivity index (χ1) is 16.3. The Kier molecular flexibility index (Phi) is 5.65. The minimum Gasteiger partial charge on any atom is -0.373 e. The molecule has 7 nitrogen and oxygen atoms in total. The highest BCUT2D eigenvalue weighted by molar-refractivity contribution is 5.87. The van der Waals surface area contributed by atoms with Crippen LogP contribution in [0.2, 0.25) is 0 Å². The van der Waals surface area contributed by atoms with E-state index in [0.717, 1.165) is 6.07 Å². The first-order valence-corrected chi connectivity index (χ1v) is 11.1. The van der Waals surface area contributed by atoms with Crippen LogP contribution in [0.3, 0.4) is 0 Å². The predicted molar refractivity (Wildman–Crippen MR) is 122 cm³/mol. The molecule has 3 aromatic heterocycles. The zero-order chi connectivity index (χ0) is 24.0. The van der Waals surface area contributed by atoms with Gasteiger partial charge in [0.2, 0.25) is 0 Å². The molecule has 1 aliphatic heterocycles. The number of aromatic nitrogens is 5. The van der Waals surface area contributed by atoms with Crippen molar-refractivity contribution in [3.05, 3.63) is 81.3 Å². The minimum atomic E-state index is -0.733. The largest absolute Gasteiger partial charge is 0.373 e. The summed E-state index contributed by atoms with van der Waals surface area (Å²) in [4.78, 5) is 31.2. The standard InChI is InChI=1S/C25H23F2N5O2/c1-13-14(2)29-24-22(28-13)21(17-7-6-16(26)12-19(17)27)30-23(31-24)15-8-10-34-20(11-15)18-5-4-9-32(3)25(18)33/h4-7,9,12,15,20H,8,10-11H2,1-3H3/t15-,20+/m0/s1. The molecule has 1 fully saturated rings. The van der Waals surface area contributed by atoms with Gasteiger partial charge in [-0.2, -0.15) is 0 Å². The summed E-state index contributed by atoms with van der Waals surface area (Å²) in [7, 11) is 1.70. The lowest BCUT2D eigenvalue weighted by Gasteiger charge is -2.29. The maximum Gasteiger partial charge on any atom is 0.256 e. The van der Waals surface area contributed by atoms with Crippen molar-refractivity contribution in [2.45, 2.75) is 38.7 Å². The van der Waals surface area contributed by atoms with Gasteiger partial charge < -0.3 is 9.30 Å². The van der Waals surface area contributed by atoms with Gasteiger partial charge in [0.25, 0.3) is 5.56 Å². The molecule has 0 radical (unpaired) electrons. The van der Waals surface area contributed by atoms with E-state index in [1.54, 1.807) is 19.3 Å². The highest BCUT2D eigenvalue weighted by Crippen LogP contribution is 2.37. The molecule has 0 saturated carbocycles. The third-order valence-electron chi connectivity index (χ3n) is 6.29. The van der Waals surface area contributed by atoms with Crippen LogP contribution in [0.4, 0.5) is 8.78 Å². The Balaban J connectivity index is 1.63. The van der Waals surface area contributed by atoms with Crippen molar-refractivity contribution in [1.29, 1.82) is 0 Å². The highest BCUT2D eigenvalue weighted by atomic mass is 19.1. The van der Waals surface area contributed by atoms with Gasteiger partial charge >= 0.3 is 0 Å². The topological polar surface area (TPSA) is 82.8 Å². The number of benzene rings is 1. The van der Waals surface area contributed by atoms with E-state index in [4.69, 9.17) is 9.72 Å². The Bertz CT molecular complexity index is 1470. The molecule has 9 heteroatoms. The van der Waals surface area contributed by atoms with Crippen LogP contribution < -0.4 is 5.56 Å². The second kappa shape index (κ2) is 8.64. The molecule has 0 N–H and O–H groups in total. The Morgan fingerprint density at radius 3 is 2.65 bits per heavy atom. The lowest BCUT2D eigenvalue weighted by molar-refractivity contribution is 0.00300. The van der Waals surface area contributed by atoms with E-state index in [2.05, 4.69) is 15.0 Å². The number of nitrogens with zero attached hydrogens (tertiary/aromatic N) is 5. The Labute approximate surface area is 194 Å². The summed E-state index contributed by atoms with van der Waals surface area (Å²) in [6, 6.07) is 6.96. The van der Waals surface area contributed by atoms with Crippen molar-refractivity contribution in [3.8, 4) is 11.3 Å². The zero-order valence-corrected chi connectivity index (χ0v) is 19.0. The van der Waals surface area contributed by atoms with Gasteiger partial charge in [-0.3, -0.25) is 4.79 Å². The molecule has 1 saturated heterocycles. The molecular weight excluding hydrogens is 440 g/mol. The van der Waals surface area contributed by atoms with Gasteiger partial charge in [-0.15, -0.1) is 0 Å². The maximum absolute atomic E-state index is 14.8. The Morgan fingerprint density at radius 1 is 1.06 bits per heavy atom. The van der Waals surface area contributed by atoms with Gasteiger partial charge in [-0.25, -0.2) is 28.7 Å². The Hall–Kier alpha value is -3.59. The van der Waals surface area contributed by atoms with Crippen LogP contribution in [0.5, 0.6) is 0 Å². The summed E-state index contributed by atoms with van der Waals surface area (Å²) in [6.45, 7) is 4.06. The Morgan fingerprint density at radius 2 is 1.85 bits per heavy atom. The molecule has 1 aliphatic rings. The molecule has 0 bridgehead atoms. The maximum atomic E-state index is 14.8. The van der Waals surface area contributed by atoms with Gasteiger partial charge in [0.1, 0.15) is 28.7 Å². The number of hydrogen-bond acceptors (Lipinski definition) is 6. The first kappa shape index (κ1) is 22.2. The molecule has 0 spiro atoms. The van der Waals surface area contributed by atoms with Crippen molar-refractivity contribution in [2.24, 2.45) is 7.05 Å². The van der Waals surface area contributed by atoms with Crippen LogP contribution in [0, 0.1) is 25.5 Å². The first-order valence-electron chi connectivity index (χ1n) is 11.1. The molecule has 2 atom stereocenters. The summed E-state index contributed by atoms with van der Waals surface area (Å²) in [5.41, 5.74) is 2.97. The number of pyridine rings is 1. The van der Waals surface area contributed by atoms with E-state index in [1.165, 1.54) is 16.7 Å². The third-order valence-corrected chi connectivity index (χ3v) is 6.29. The van der Waals surface area contributed by atoms with Crippen molar-refractivity contribution < 1.29 is 13.5 Å². The summed E-state index contributed by atoms with van der Waals surface area (Å²) < 4.78 is 35.8. The average molecular weight is 463 g/mol. The number of halogens is 2. The molecule has 4 aromatic rings. The van der Waals surface area contributed by atoms with Crippen molar-refractivity contribution in [1.82, 2.24) is 24.5 Å². The lowest BCUT2D eigenvalue weighted by atomic mass is 9.91. The molecule has 0 aliphatic carbocycles. The predicted octanol–water partition coefficient (Wildman–Crippen LogP) is 4.32. The monoisotopic (exact) mass is 463 g/mol. The fourth-order valence-corrected chi connectivity index (χ4v) is 4.29. The smallest absolute Gasteiger partial charge is 0.256 e. The molecule has 5 rings (SSSR count). The van der Waals surface area contributed by atoms with Gasteiger partial charge in [-0.1, -0.05) is 0 Å². The summed E-state index contributed by atoms with van der Waals surface area (Å²) >= 11 is 0. The summed E-state index contributed by atoms with van der Waals surface area (Å²) in [5, 5.41) is 0. The third kappa shape index (κ3) is 3.96. The summed E-state index contributed by atoms with van der Waals surface area (Å²) in [6.07, 6.45) is 2.42. The van der Waals surface area contributed by atoms with E-state index in [9.17, 15) is 13.6 Å². The molecule has 0 unspecified atom stereocenters. The van der Waals surface area contributed by atoms with E-state index in [1.807, 2.05) is 19.9 Å². The fourth-order valence-electron chi connectivity index (χ4n) is 4.29. The number of hydrogen-bond donors (Lipinski definition) is 0. The summed E-state index contributed by atoms with van der Waals surface area (Å²) in [5.74, 6) is -1.07. The van der Waals surface area contributed by atoms with Crippen LogP contribution in [0.25, 0.3) is 22.4 Å². The van der Waals surface area contributed by atoms with Crippen molar-refractivity contribution in [2.75, 3.05) is 6.61 Å². The number of rotatable bonds is 3. The second-order valence-corrected chi connectivity index (χ2v) is 8.58. The van der Waals surface area contributed by atoms with Crippen molar-refractivity contribution >= 4 is 11.2 Å². The minimum absolute atomic E-state index is 0.112. The van der Waals surface area contributed by atoms with E-state index >= 15 is 0 Å². The van der Waals surface area contributed by atoms with Crippen LogP contribution in [-0.2, 0) is 11.8 Å². The van der Waals surface area contributed by atoms with E-state index < -0.39 is 17.7 Å². The van der Waals surface area contributed by atoms with Gasteiger partial charge in [0.05, 0.1) is 17.5 Å². The zero-order valence-electron chi connectivity index (χ0n) is 19.0. The van der Waals surface area contributed by atoms with Gasteiger partial charge in [0, 0.05) is 43.0 Å².